The average Bonchev–Trinajstić information content (AvgIpc) is 3.09. The molecule has 0 aliphatic heterocycles. The molecule has 0 radical (unpaired) electrons. The summed E-state index contributed by atoms with van der Waals surface area (Å²) < 4.78 is 2.04. The third-order valence-corrected chi connectivity index (χ3v) is 5.04. The Kier molecular flexibility index (Phi) is 6.27. The Bertz CT molecular complexity index is 562. The highest BCUT2D eigenvalue weighted by molar-refractivity contribution is 7.12. The maximum Gasteiger partial charge on any atom is 0.0857 e. The van der Waals surface area contributed by atoms with Crippen LogP contribution in [0.25, 0.3) is 0 Å². The Morgan fingerprint density at radius 3 is 2.71 bits per heavy atom. The van der Waals surface area contributed by atoms with Crippen LogP contribution in [0.5, 0.6) is 0 Å². The van der Waals surface area contributed by atoms with Gasteiger partial charge in [-0.2, -0.15) is 5.10 Å². The van der Waals surface area contributed by atoms with E-state index in [4.69, 9.17) is 11.6 Å². The summed E-state index contributed by atoms with van der Waals surface area (Å²) in [5, 5.41) is 8.82. The maximum atomic E-state index is 6.43. The Labute approximate surface area is 136 Å². The van der Waals surface area contributed by atoms with Crippen LogP contribution in [0.1, 0.15) is 55.1 Å². The van der Waals surface area contributed by atoms with Crippen LogP contribution in [-0.2, 0) is 13.0 Å². The highest BCUT2D eigenvalue weighted by Crippen LogP contribution is 2.32. The quantitative estimate of drug-likeness (QED) is 0.765. The van der Waals surface area contributed by atoms with E-state index in [2.05, 4.69) is 43.3 Å². The zero-order chi connectivity index (χ0) is 15.2. The number of rotatable bonds is 8. The zero-order valence-electron chi connectivity index (χ0n) is 13.0. The first-order valence-electron chi connectivity index (χ1n) is 7.74. The van der Waals surface area contributed by atoms with Gasteiger partial charge in [0.2, 0.25) is 0 Å². The van der Waals surface area contributed by atoms with Crippen molar-refractivity contribution in [3.8, 4) is 0 Å². The Morgan fingerprint density at radius 1 is 1.29 bits per heavy atom. The van der Waals surface area contributed by atoms with Crippen molar-refractivity contribution in [2.45, 2.75) is 52.6 Å². The van der Waals surface area contributed by atoms with E-state index in [1.807, 2.05) is 16.0 Å². The lowest BCUT2D eigenvalue weighted by atomic mass is 10.1. The summed E-state index contributed by atoms with van der Waals surface area (Å²) in [7, 11) is 0. The third-order valence-electron chi connectivity index (χ3n) is 3.46. The predicted octanol–water partition coefficient (Wildman–Crippen LogP) is 4.66. The minimum absolute atomic E-state index is 0.136. The van der Waals surface area contributed by atoms with Crippen molar-refractivity contribution < 1.29 is 0 Å². The molecule has 116 valence electrons. The topological polar surface area (TPSA) is 29.9 Å². The minimum atomic E-state index is 0.136. The molecule has 21 heavy (non-hydrogen) atoms. The number of hydrogen-bond donors (Lipinski definition) is 1. The van der Waals surface area contributed by atoms with Gasteiger partial charge in [-0.25, -0.2) is 0 Å². The van der Waals surface area contributed by atoms with Gasteiger partial charge in [0, 0.05) is 16.3 Å². The fraction of sp³-hybridized carbons (Fsp3) is 0.562. The fourth-order valence-electron chi connectivity index (χ4n) is 2.41. The minimum Gasteiger partial charge on any atom is -0.304 e. The van der Waals surface area contributed by atoms with Crippen LogP contribution in [0.4, 0.5) is 0 Å². The zero-order valence-corrected chi connectivity index (χ0v) is 14.6. The highest BCUT2D eigenvalue weighted by Gasteiger charge is 2.22. The van der Waals surface area contributed by atoms with Gasteiger partial charge in [0.05, 0.1) is 23.0 Å². The van der Waals surface area contributed by atoms with Gasteiger partial charge in [-0.05, 0) is 37.9 Å². The van der Waals surface area contributed by atoms with Gasteiger partial charge in [0.1, 0.15) is 0 Å². The van der Waals surface area contributed by atoms with Gasteiger partial charge in [-0.3, -0.25) is 4.68 Å². The van der Waals surface area contributed by atoms with E-state index in [-0.39, 0.29) is 6.04 Å². The SMILES string of the molecule is CCCNC(c1ccc(CC)s1)c1c(Cl)cnn1CCC. The molecule has 1 unspecified atom stereocenters. The molecule has 0 aromatic carbocycles. The Balaban J connectivity index is 2.37. The first kappa shape index (κ1) is 16.5. The molecule has 2 aromatic heterocycles. The second kappa shape index (κ2) is 7.97. The molecule has 0 saturated heterocycles. The van der Waals surface area contributed by atoms with E-state index in [0.717, 1.165) is 43.1 Å². The molecule has 0 spiro atoms. The predicted molar refractivity (Wildman–Crippen MR) is 91.4 cm³/mol. The van der Waals surface area contributed by atoms with Crippen LogP contribution >= 0.6 is 22.9 Å². The molecule has 0 bridgehead atoms. The first-order chi connectivity index (χ1) is 10.2. The van der Waals surface area contributed by atoms with Gasteiger partial charge in [0.15, 0.2) is 0 Å². The van der Waals surface area contributed by atoms with Crippen LogP contribution < -0.4 is 5.32 Å². The average molecular weight is 326 g/mol. The summed E-state index contributed by atoms with van der Waals surface area (Å²) in [6.07, 6.45) is 4.99. The van der Waals surface area contributed by atoms with E-state index >= 15 is 0 Å². The van der Waals surface area contributed by atoms with E-state index in [1.165, 1.54) is 9.75 Å². The molecule has 2 rings (SSSR count). The first-order valence-corrected chi connectivity index (χ1v) is 8.93. The molecule has 2 heterocycles. The smallest absolute Gasteiger partial charge is 0.0857 e. The van der Waals surface area contributed by atoms with Crippen molar-refractivity contribution >= 4 is 22.9 Å². The fourth-order valence-corrected chi connectivity index (χ4v) is 3.69. The molecule has 0 fully saturated rings. The standard InChI is InChI=1S/C16H24ClN3S/c1-4-9-18-15(14-8-7-12(6-3)21-14)16-13(17)11-19-20(16)10-5-2/h7-8,11,15,18H,4-6,9-10H2,1-3H3. The van der Waals surface area contributed by atoms with Crippen molar-refractivity contribution in [1.82, 2.24) is 15.1 Å². The summed E-state index contributed by atoms with van der Waals surface area (Å²) in [5.41, 5.74) is 1.09. The van der Waals surface area contributed by atoms with Crippen molar-refractivity contribution in [3.63, 3.8) is 0 Å². The third kappa shape index (κ3) is 3.87. The summed E-state index contributed by atoms with van der Waals surface area (Å²) >= 11 is 8.29. The number of nitrogens with one attached hydrogen (secondary N) is 1. The van der Waals surface area contributed by atoms with Crippen LogP contribution in [-0.4, -0.2) is 16.3 Å². The van der Waals surface area contributed by atoms with Crippen molar-refractivity contribution in [2.75, 3.05) is 6.54 Å². The Morgan fingerprint density at radius 2 is 2.10 bits per heavy atom. The van der Waals surface area contributed by atoms with Crippen molar-refractivity contribution in [2.24, 2.45) is 0 Å². The van der Waals surface area contributed by atoms with Gasteiger partial charge in [-0.1, -0.05) is 32.4 Å². The van der Waals surface area contributed by atoms with E-state index in [9.17, 15) is 0 Å². The number of aromatic nitrogens is 2. The van der Waals surface area contributed by atoms with Crippen molar-refractivity contribution in [1.29, 1.82) is 0 Å². The van der Waals surface area contributed by atoms with E-state index in [0.29, 0.717) is 0 Å². The normalized spacial score (nSPS) is 12.8. The lowest BCUT2D eigenvalue weighted by Gasteiger charge is -2.19. The van der Waals surface area contributed by atoms with Gasteiger partial charge in [-0.15, -0.1) is 11.3 Å². The van der Waals surface area contributed by atoms with Crippen LogP contribution in [0.2, 0.25) is 5.02 Å². The van der Waals surface area contributed by atoms with Crippen LogP contribution in [0, 0.1) is 0 Å². The summed E-state index contributed by atoms with van der Waals surface area (Å²) in [6, 6.07) is 4.57. The molecule has 0 aliphatic rings. The molecule has 0 amide bonds. The summed E-state index contributed by atoms with van der Waals surface area (Å²) in [6.45, 7) is 8.41. The van der Waals surface area contributed by atoms with Crippen LogP contribution in [0.3, 0.4) is 0 Å². The number of thiophene rings is 1. The summed E-state index contributed by atoms with van der Waals surface area (Å²) in [4.78, 5) is 2.73. The van der Waals surface area contributed by atoms with Crippen molar-refractivity contribution in [3.05, 3.63) is 38.8 Å². The molecule has 0 aliphatic carbocycles. The monoisotopic (exact) mass is 325 g/mol. The molecular weight excluding hydrogens is 302 g/mol. The maximum absolute atomic E-state index is 6.43. The molecule has 1 N–H and O–H groups in total. The van der Waals surface area contributed by atoms with E-state index < -0.39 is 0 Å². The van der Waals surface area contributed by atoms with Gasteiger partial charge < -0.3 is 5.32 Å². The summed E-state index contributed by atoms with van der Waals surface area (Å²) in [5.74, 6) is 0. The molecule has 0 saturated carbocycles. The highest BCUT2D eigenvalue weighted by atomic mass is 35.5. The molecule has 3 nitrogen and oxygen atoms in total. The molecule has 1 atom stereocenters. The van der Waals surface area contributed by atoms with E-state index in [1.54, 1.807) is 6.20 Å². The molecule has 2 aromatic rings. The lowest BCUT2D eigenvalue weighted by molar-refractivity contribution is 0.515. The second-order valence-corrected chi connectivity index (χ2v) is 6.75. The Hall–Kier alpha value is -0.840. The largest absolute Gasteiger partial charge is 0.304 e. The number of nitrogens with zero attached hydrogens (tertiary/aromatic N) is 2. The number of hydrogen-bond acceptors (Lipinski definition) is 3. The lowest BCUT2D eigenvalue weighted by Crippen LogP contribution is -2.25. The molecule has 5 heteroatoms. The molecular formula is C16H24ClN3S. The second-order valence-electron chi connectivity index (χ2n) is 5.15. The van der Waals surface area contributed by atoms with Crippen LogP contribution in [0.15, 0.2) is 18.3 Å². The van der Waals surface area contributed by atoms with Gasteiger partial charge >= 0.3 is 0 Å². The van der Waals surface area contributed by atoms with Gasteiger partial charge in [0.25, 0.3) is 0 Å². The number of aryl methyl sites for hydroxylation is 2. The number of halogens is 1.